The van der Waals surface area contributed by atoms with Crippen molar-refractivity contribution < 1.29 is 56.3 Å². The van der Waals surface area contributed by atoms with Gasteiger partial charge >= 0.3 is 18.2 Å². The van der Waals surface area contributed by atoms with Gasteiger partial charge in [0.2, 0.25) is 5.91 Å². The molecule has 2 N–H and O–H groups in total. The van der Waals surface area contributed by atoms with Crippen LogP contribution in [0.4, 0.5) is 23.7 Å². The summed E-state index contributed by atoms with van der Waals surface area (Å²) in [5.41, 5.74) is -2.61. The summed E-state index contributed by atoms with van der Waals surface area (Å²) in [6.07, 6.45) is -2.41. The number of alkyl carbamates (subject to hydrolysis) is 1. The number of carbonyl (C=O) groups is 3. The summed E-state index contributed by atoms with van der Waals surface area (Å²) < 4.78 is 71.8. The summed E-state index contributed by atoms with van der Waals surface area (Å²) >= 11 is 6.73. The maximum Gasteiger partial charge on any atom is 0.409 e. The second-order valence-electron chi connectivity index (χ2n) is 14.7. The Morgan fingerprint density at radius 2 is 1.91 bits per heavy atom. The molecule has 0 aliphatic carbocycles. The number of anilines is 1. The molecule has 2 amide bonds. The van der Waals surface area contributed by atoms with E-state index in [0.29, 0.717) is 17.9 Å². The van der Waals surface area contributed by atoms with Gasteiger partial charge < -0.3 is 33.7 Å². The van der Waals surface area contributed by atoms with Crippen LogP contribution in [0, 0.1) is 0 Å². The number of fused-ring (bicyclic) bond motifs is 6. The number of aliphatic hydroxyl groups is 1. The van der Waals surface area contributed by atoms with Gasteiger partial charge in [0.05, 0.1) is 19.2 Å². The van der Waals surface area contributed by atoms with E-state index in [-0.39, 0.29) is 30.0 Å². The van der Waals surface area contributed by atoms with Crippen molar-refractivity contribution in [1.29, 1.82) is 0 Å². The predicted octanol–water partition coefficient (Wildman–Crippen LogP) is 6.46. The number of alkyl halides is 3. The Bertz CT molecular complexity index is 1640. The second-order valence-corrected chi connectivity index (χ2v) is 17.7. The number of likely N-dealkylation sites (N-methyl/N-ethyl adjacent to an activating group) is 1. The number of allylic oxidation sites excluding steroid dienone is 3. The molecule has 0 aromatic heterocycles. The number of benzene rings is 1. The van der Waals surface area contributed by atoms with Crippen LogP contribution < -0.4 is 15.0 Å². The molecule has 1 aromatic rings. The monoisotopic (exact) mass is 837 g/mol. The zero-order valence-corrected chi connectivity index (χ0v) is 34.8. The summed E-state index contributed by atoms with van der Waals surface area (Å²) in [6, 6.07) is 0.180. The van der Waals surface area contributed by atoms with E-state index >= 15 is 0 Å². The number of amides is 2. The molecule has 4 aliphatic rings. The lowest BCUT2D eigenvalue weighted by atomic mass is 9.72. The van der Waals surface area contributed by atoms with Crippen molar-refractivity contribution in [2.24, 2.45) is 0 Å². The van der Waals surface area contributed by atoms with Crippen molar-refractivity contribution in [3.05, 3.63) is 46.5 Å². The summed E-state index contributed by atoms with van der Waals surface area (Å²) in [5, 5.41) is 14.4. The minimum Gasteiger partial charge on any atom is -0.495 e. The van der Waals surface area contributed by atoms with Crippen LogP contribution in [0.25, 0.3) is 0 Å². The van der Waals surface area contributed by atoms with Crippen molar-refractivity contribution in [2.75, 3.05) is 45.2 Å². The van der Waals surface area contributed by atoms with E-state index in [1.165, 1.54) is 61.7 Å². The molecule has 18 heteroatoms. The fraction of sp³-hybridized carbons (Fsp3) is 0.649. The molecular formula is C37H51ClF3N3O9S2. The van der Waals surface area contributed by atoms with Gasteiger partial charge in [-0.1, -0.05) is 57.0 Å². The quantitative estimate of drug-likeness (QED) is 0.152. The molecular weight excluding hydrogens is 787 g/mol. The minimum atomic E-state index is -4.63. The number of esters is 1. The van der Waals surface area contributed by atoms with Gasteiger partial charge in [0.15, 0.2) is 5.72 Å². The molecule has 8 atom stereocenters. The first-order valence-electron chi connectivity index (χ1n) is 17.7. The number of nitrogens with one attached hydrogen (secondary N) is 1. The molecule has 5 rings (SSSR count). The fourth-order valence-corrected chi connectivity index (χ4v) is 9.00. The number of hydrogen-bond donors (Lipinski definition) is 2. The van der Waals surface area contributed by atoms with Crippen molar-refractivity contribution in [2.45, 2.75) is 113 Å². The van der Waals surface area contributed by atoms with Crippen molar-refractivity contribution in [1.82, 2.24) is 10.2 Å². The van der Waals surface area contributed by atoms with Crippen LogP contribution in [-0.2, 0) is 35.0 Å². The molecule has 12 nitrogen and oxygen atoms in total. The summed E-state index contributed by atoms with van der Waals surface area (Å²) in [6.45, 7) is 6.47. The highest BCUT2D eigenvalue weighted by atomic mass is 35.5. The summed E-state index contributed by atoms with van der Waals surface area (Å²) in [5.74, 6) is -1.02. The standard InChI is InChI=1S/C37H51ClF3N3O9S2/c1-21-11-10-12-27(50-8)36(48)19-29(52-33(47)42-36)35(4)20-34(3,53-35)28(18-30(45)44(6)24-16-23(15-21)17-25(49-7)31(24)38)51-32(46)22(2)43(5)26(37(39,40)41)13-14-55-54-9/h10-12,16-17,22,26-29,48H,13-15,18-20H2,1-9H3,(H,42,47)/b12-10+,21-11+/t22-,26-,27+,28-,29-,34+,35+,36-/m0/s1. The normalized spacial score (nSPS) is 31.7. The van der Waals surface area contributed by atoms with E-state index in [2.05, 4.69) is 5.32 Å². The average Bonchev–Trinajstić information content (AvgIpc) is 3.09. The lowest BCUT2D eigenvalue weighted by Crippen LogP contribution is -2.72. The van der Waals surface area contributed by atoms with Crippen LogP contribution in [0.5, 0.6) is 5.75 Å². The maximum absolute atomic E-state index is 14.2. The van der Waals surface area contributed by atoms with Crippen LogP contribution in [0.2, 0.25) is 5.02 Å². The Morgan fingerprint density at radius 1 is 1.24 bits per heavy atom. The number of carbonyl (C=O) groups excluding carboxylic acids is 3. The third-order valence-corrected chi connectivity index (χ3v) is 12.8. The zero-order valence-electron chi connectivity index (χ0n) is 32.5. The van der Waals surface area contributed by atoms with E-state index < -0.39 is 77.9 Å². The number of hydrogen-bond acceptors (Lipinski definition) is 12. The molecule has 2 saturated heterocycles. The van der Waals surface area contributed by atoms with Gasteiger partial charge in [0, 0.05) is 32.8 Å². The van der Waals surface area contributed by atoms with Crippen molar-refractivity contribution in [3.63, 3.8) is 0 Å². The summed E-state index contributed by atoms with van der Waals surface area (Å²) in [4.78, 5) is 43.0. The van der Waals surface area contributed by atoms with Gasteiger partial charge in [0.1, 0.15) is 52.4 Å². The average molecular weight is 838 g/mol. The molecule has 308 valence electrons. The maximum atomic E-state index is 14.2. The number of ether oxygens (including phenoxy) is 5. The Labute approximate surface area is 333 Å². The molecule has 6 bridgehead atoms. The van der Waals surface area contributed by atoms with Crippen LogP contribution in [-0.4, -0.2) is 122 Å². The van der Waals surface area contributed by atoms with Gasteiger partial charge in [-0.15, -0.1) is 0 Å². The SMILES string of the molecule is COc1cc2cc(c1Cl)N(C)C(=O)C[C@H](OC(=O)[C@H](C)N(C)[C@@H](CCSSC)C(F)(F)F)[C@@]1(C)C[C@@](C)(O1)[C@@H]1C[C@@](O)(NC(=O)O1)[C@H](OC)/C=C/C=C(\C)C2. The first-order valence-corrected chi connectivity index (χ1v) is 20.8. The van der Waals surface area contributed by atoms with Gasteiger partial charge in [-0.3, -0.25) is 19.8 Å². The highest BCUT2D eigenvalue weighted by molar-refractivity contribution is 8.76. The number of methoxy groups -OCH3 is 2. The minimum absolute atomic E-state index is 0.0593. The first-order chi connectivity index (χ1) is 25.6. The predicted molar refractivity (Wildman–Crippen MR) is 206 cm³/mol. The molecule has 2 fully saturated rings. The lowest BCUT2D eigenvalue weighted by Gasteiger charge is -2.59. The molecule has 0 saturated carbocycles. The largest absolute Gasteiger partial charge is 0.495 e. The Balaban J connectivity index is 1.76. The van der Waals surface area contributed by atoms with E-state index in [0.717, 1.165) is 16.0 Å². The topological polar surface area (TPSA) is 136 Å². The van der Waals surface area contributed by atoms with Crippen LogP contribution in [0.1, 0.15) is 58.9 Å². The molecule has 0 unspecified atom stereocenters. The molecule has 55 heavy (non-hydrogen) atoms. The van der Waals surface area contributed by atoms with Crippen molar-refractivity contribution in [3.8, 4) is 5.75 Å². The van der Waals surface area contributed by atoms with E-state index in [1.807, 2.05) is 13.0 Å². The van der Waals surface area contributed by atoms with Crippen LogP contribution in [0.3, 0.4) is 0 Å². The second kappa shape index (κ2) is 17.9. The van der Waals surface area contributed by atoms with E-state index in [1.54, 1.807) is 44.4 Å². The Kier molecular flexibility index (Phi) is 14.6. The zero-order chi connectivity index (χ0) is 41.1. The number of halogens is 4. The third-order valence-electron chi connectivity index (χ3n) is 10.5. The molecule has 4 heterocycles. The van der Waals surface area contributed by atoms with E-state index in [4.69, 9.17) is 35.3 Å². The first kappa shape index (κ1) is 45.0. The van der Waals surface area contributed by atoms with E-state index in [9.17, 15) is 32.7 Å². The Hall–Kier alpha value is -2.67. The summed E-state index contributed by atoms with van der Waals surface area (Å²) in [7, 11) is 8.18. The number of nitrogens with zero attached hydrogens (tertiary/aromatic N) is 2. The molecule has 4 aliphatic heterocycles. The highest BCUT2D eigenvalue weighted by Gasteiger charge is 2.63. The Morgan fingerprint density at radius 3 is 2.51 bits per heavy atom. The molecule has 1 aromatic carbocycles. The third kappa shape index (κ3) is 10.3. The van der Waals surface area contributed by atoms with Gasteiger partial charge in [-0.2, -0.15) is 13.2 Å². The molecule has 0 spiro atoms. The van der Waals surface area contributed by atoms with Gasteiger partial charge in [-0.25, -0.2) is 4.79 Å². The van der Waals surface area contributed by atoms with Crippen LogP contribution in [0.15, 0.2) is 35.9 Å². The molecule has 0 radical (unpaired) electrons. The highest BCUT2D eigenvalue weighted by Crippen LogP contribution is 2.50. The lowest BCUT2D eigenvalue weighted by molar-refractivity contribution is -0.328. The van der Waals surface area contributed by atoms with Gasteiger partial charge in [0.25, 0.3) is 0 Å². The van der Waals surface area contributed by atoms with Crippen LogP contribution >= 0.6 is 33.2 Å². The van der Waals surface area contributed by atoms with Gasteiger partial charge in [-0.05, 0) is 71.5 Å². The number of rotatable bonds is 10. The fourth-order valence-electron chi connectivity index (χ4n) is 7.41. The smallest absolute Gasteiger partial charge is 0.409 e. The van der Waals surface area contributed by atoms with Crippen molar-refractivity contribution >= 4 is 56.8 Å².